The standard InChI is InChI=1S/C14H28N2OS/c1-5-18-11-8-6-7-9-16(10-11)13(17)12(15)14(2,3)4/h11-12H,5-10,15H2,1-4H3/t11-,12-/m1/s1. The molecule has 3 nitrogen and oxygen atoms in total. The molecule has 1 aliphatic heterocycles. The van der Waals surface area contributed by atoms with Crippen LogP contribution in [0.3, 0.4) is 0 Å². The number of amides is 1. The van der Waals surface area contributed by atoms with E-state index in [9.17, 15) is 4.79 Å². The first-order chi connectivity index (χ1) is 8.36. The Morgan fingerprint density at radius 1 is 1.44 bits per heavy atom. The predicted octanol–water partition coefficient (Wildman–Crippen LogP) is 2.49. The lowest BCUT2D eigenvalue weighted by molar-refractivity contribution is -0.134. The van der Waals surface area contributed by atoms with E-state index in [1.165, 1.54) is 12.8 Å². The smallest absolute Gasteiger partial charge is 0.240 e. The van der Waals surface area contributed by atoms with Crippen LogP contribution >= 0.6 is 11.8 Å². The van der Waals surface area contributed by atoms with Gasteiger partial charge in [0.1, 0.15) is 0 Å². The van der Waals surface area contributed by atoms with Crippen molar-refractivity contribution < 1.29 is 4.79 Å². The topological polar surface area (TPSA) is 46.3 Å². The van der Waals surface area contributed by atoms with Gasteiger partial charge >= 0.3 is 0 Å². The third kappa shape index (κ3) is 4.47. The van der Waals surface area contributed by atoms with Gasteiger partial charge in [-0.1, -0.05) is 34.1 Å². The van der Waals surface area contributed by atoms with Gasteiger partial charge in [0.2, 0.25) is 5.91 Å². The van der Waals surface area contributed by atoms with Crippen LogP contribution in [-0.2, 0) is 4.79 Å². The lowest BCUT2D eigenvalue weighted by Gasteiger charge is -2.32. The van der Waals surface area contributed by atoms with E-state index >= 15 is 0 Å². The first kappa shape index (κ1) is 15.8. The summed E-state index contributed by atoms with van der Waals surface area (Å²) in [6.45, 7) is 10.0. The van der Waals surface area contributed by atoms with Crippen molar-refractivity contribution in [3.05, 3.63) is 0 Å². The second-order valence-corrected chi connectivity index (χ2v) is 7.78. The second kappa shape index (κ2) is 6.80. The molecule has 1 saturated heterocycles. The highest BCUT2D eigenvalue weighted by Crippen LogP contribution is 2.25. The van der Waals surface area contributed by atoms with Crippen molar-refractivity contribution in [2.24, 2.45) is 11.1 Å². The summed E-state index contributed by atoms with van der Waals surface area (Å²) in [5.74, 6) is 1.25. The molecule has 1 fully saturated rings. The Bertz CT molecular complexity index is 275. The first-order valence-electron chi connectivity index (χ1n) is 7.02. The van der Waals surface area contributed by atoms with E-state index in [-0.39, 0.29) is 17.4 Å². The number of hydrogen-bond donors (Lipinski definition) is 1. The molecule has 1 rings (SSSR count). The summed E-state index contributed by atoms with van der Waals surface area (Å²) in [4.78, 5) is 14.4. The van der Waals surface area contributed by atoms with Gasteiger partial charge in [-0.25, -0.2) is 0 Å². The fraction of sp³-hybridized carbons (Fsp3) is 0.929. The van der Waals surface area contributed by atoms with Crippen LogP contribution < -0.4 is 5.73 Å². The summed E-state index contributed by atoms with van der Waals surface area (Å²) in [7, 11) is 0. The molecule has 0 saturated carbocycles. The van der Waals surface area contributed by atoms with Crippen molar-refractivity contribution in [1.29, 1.82) is 0 Å². The molecule has 1 amide bonds. The number of carbonyl (C=O) groups excluding carboxylic acids is 1. The van der Waals surface area contributed by atoms with Gasteiger partial charge in [0.05, 0.1) is 6.04 Å². The predicted molar refractivity (Wildman–Crippen MR) is 79.8 cm³/mol. The highest BCUT2D eigenvalue weighted by Gasteiger charge is 2.32. The van der Waals surface area contributed by atoms with E-state index < -0.39 is 0 Å². The van der Waals surface area contributed by atoms with Crippen molar-refractivity contribution in [2.45, 2.75) is 58.2 Å². The quantitative estimate of drug-likeness (QED) is 0.858. The van der Waals surface area contributed by atoms with E-state index in [1.54, 1.807) is 0 Å². The maximum atomic E-state index is 12.4. The Morgan fingerprint density at radius 3 is 2.67 bits per heavy atom. The van der Waals surface area contributed by atoms with Crippen LogP contribution in [0.1, 0.15) is 47.0 Å². The van der Waals surface area contributed by atoms with Crippen molar-refractivity contribution in [3.63, 3.8) is 0 Å². The van der Waals surface area contributed by atoms with Crippen LogP contribution in [-0.4, -0.2) is 40.9 Å². The van der Waals surface area contributed by atoms with Crippen molar-refractivity contribution >= 4 is 17.7 Å². The van der Waals surface area contributed by atoms with Crippen LogP contribution in [0, 0.1) is 5.41 Å². The summed E-state index contributed by atoms with van der Waals surface area (Å²) >= 11 is 1.97. The Balaban J connectivity index is 2.65. The maximum Gasteiger partial charge on any atom is 0.240 e. The summed E-state index contributed by atoms with van der Waals surface area (Å²) in [6.07, 6.45) is 3.57. The molecule has 0 unspecified atom stereocenters. The Hall–Kier alpha value is -0.220. The SMILES string of the molecule is CCS[C@@H]1CCCCN(C(=O)[C@@H](N)C(C)(C)C)C1. The van der Waals surface area contributed by atoms with Gasteiger partial charge in [-0.3, -0.25) is 4.79 Å². The molecule has 2 atom stereocenters. The van der Waals surface area contributed by atoms with Crippen molar-refractivity contribution in [3.8, 4) is 0 Å². The molecule has 18 heavy (non-hydrogen) atoms. The van der Waals surface area contributed by atoms with E-state index in [2.05, 4.69) is 6.92 Å². The molecule has 4 heteroatoms. The van der Waals surface area contributed by atoms with E-state index in [1.807, 2.05) is 37.4 Å². The average molecular weight is 272 g/mol. The number of nitrogens with two attached hydrogens (primary N) is 1. The lowest BCUT2D eigenvalue weighted by Crippen LogP contribution is -2.51. The zero-order valence-electron chi connectivity index (χ0n) is 12.2. The minimum absolute atomic E-state index is 0.131. The van der Waals surface area contributed by atoms with Crippen molar-refractivity contribution in [1.82, 2.24) is 4.90 Å². The normalized spacial score (nSPS) is 23.6. The largest absolute Gasteiger partial charge is 0.340 e. The van der Waals surface area contributed by atoms with Gasteiger partial charge < -0.3 is 10.6 Å². The van der Waals surface area contributed by atoms with Crippen LogP contribution in [0.15, 0.2) is 0 Å². The maximum absolute atomic E-state index is 12.4. The summed E-state index contributed by atoms with van der Waals surface area (Å²) < 4.78 is 0. The zero-order valence-corrected chi connectivity index (χ0v) is 13.1. The van der Waals surface area contributed by atoms with Crippen LogP contribution in [0.4, 0.5) is 0 Å². The highest BCUT2D eigenvalue weighted by atomic mass is 32.2. The molecule has 0 aromatic heterocycles. The van der Waals surface area contributed by atoms with E-state index in [4.69, 9.17) is 5.73 Å². The van der Waals surface area contributed by atoms with Crippen LogP contribution in [0.25, 0.3) is 0 Å². The molecule has 1 heterocycles. The fourth-order valence-electron chi connectivity index (χ4n) is 2.24. The molecule has 0 radical (unpaired) electrons. The summed E-state index contributed by atoms with van der Waals surface area (Å²) in [6, 6.07) is -0.386. The average Bonchev–Trinajstić information content (AvgIpc) is 2.52. The molecule has 0 aliphatic carbocycles. The number of thioether (sulfide) groups is 1. The second-order valence-electron chi connectivity index (χ2n) is 6.20. The Kier molecular flexibility index (Phi) is 5.99. The molecule has 0 spiro atoms. The number of likely N-dealkylation sites (tertiary alicyclic amines) is 1. The van der Waals surface area contributed by atoms with Gasteiger partial charge in [0, 0.05) is 18.3 Å². The van der Waals surface area contributed by atoms with Gasteiger partial charge in [-0.05, 0) is 24.0 Å². The molecular formula is C14H28N2OS. The molecule has 106 valence electrons. The van der Waals surface area contributed by atoms with E-state index in [0.29, 0.717) is 5.25 Å². The first-order valence-corrected chi connectivity index (χ1v) is 8.07. The highest BCUT2D eigenvalue weighted by molar-refractivity contribution is 7.99. The molecule has 0 aromatic rings. The lowest BCUT2D eigenvalue weighted by atomic mass is 9.86. The minimum Gasteiger partial charge on any atom is -0.340 e. The Labute approximate surface area is 116 Å². The van der Waals surface area contributed by atoms with Gasteiger partial charge in [0.25, 0.3) is 0 Å². The molecule has 2 N–H and O–H groups in total. The van der Waals surface area contributed by atoms with Gasteiger partial charge in [-0.2, -0.15) is 11.8 Å². The monoisotopic (exact) mass is 272 g/mol. The molecule has 1 aliphatic rings. The third-order valence-corrected chi connectivity index (χ3v) is 4.73. The summed E-state index contributed by atoms with van der Waals surface area (Å²) in [5, 5.41) is 0.591. The Morgan fingerprint density at radius 2 is 2.11 bits per heavy atom. The van der Waals surface area contributed by atoms with E-state index in [0.717, 1.165) is 25.3 Å². The number of nitrogens with zero attached hydrogens (tertiary/aromatic N) is 1. The van der Waals surface area contributed by atoms with Gasteiger partial charge in [0.15, 0.2) is 0 Å². The number of hydrogen-bond acceptors (Lipinski definition) is 3. The molecule has 0 aromatic carbocycles. The van der Waals surface area contributed by atoms with Crippen LogP contribution in [0.2, 0.25) is 0 Å². The third-order valence-electron chi connectivity index (χ3n) is 3.54. The molecular weight excluding hydrogens is 244 g/mol. The van der Waals surface area contributed by atoms with Crippen LogP contribution in [0.5, 0.6) is 0 Å². The number of rotatable bonds is 3. The number of carbonyl (C=O) groups is 1. The minimum atomic E-state index is -0.386. The van der Waals surface area contributed by atoms with Crippen molar-refractivity contribution in [2.75, 3.05) is 18.8 Å². The zero-order chi connectivity index (χ0) is 13.8. The molecule has 0 bridgehead atoms. The summed E-state index contributed by atoms with van der Waals surface area (Å²) in [5.41, 5.74) is 5.94. The fourth-order valence-corrected chi connectivity index (χ4v) is 3.33. The van der Waals surface area contributed by atoms with Gasteiger partial charge in [-0.15, -0.1) is 0 Å².